The van der Waals surface area contributed by atoms with Crippen molar-refractivity contribution in [2.75, 3.05) is 25.0 Å². The van der Waals surface area contributed by atoms with E-state index in [1.807, 2.05) is 33.8 Å². The van der Waals surface area contributed by atoms with Crippen molar-refractivity contribution in [1.82, 2.24) is 10.1 Å². The van der Waals surface area contributed by atoms with Crippen molar-refractivity contribution >= 4 is 17.3 Å². The summed E-state index contributed by atoms with van der Waals surface area (Å²) in [6, 6.07) is 5.33. The maximum absolute atomic E-state index is 11.9. The molecule has 0 amide bonds. The zero-order chi connectivity index (χ0) is 23.5. The number of ether oxygens (including phenoxy) is 1. The van der Waals surface area contributed by atoms with Crippen LogP contribution in [0.1, 0.15) is 51.5 Å². The molecular weight excluding hydrogens is 412 g/mol. The van der Waals surface area contributed by atoms with E-state index < -0.39 is 5.60 Å². The Hall–Kier alpha value is -2.94. The number of anilines is 1. The molecule has 0 saturated carbocycles. The van der Waals surface area contributed by atoms with E-state index in [4.69, 9.17) is 9.26 Å². The standard InChI is InChI=1S/C23H32N4O5/c1-15-22(16(2)32-25-15)17-6-7-19(20(14-17)27(29)30)24-18-8-11-26(12-9-18)13-10-21(28)31-23(3,4)5/h6-7,14,18,24H,8-13H2,1-5H3. The fraction of sp³-hybridized carbons (Fsp3) is 0.565. The Morgan fingerprint density at radius 1 is 1.31 bits per heavy atom. The molecule has 1 aliphatic heterocycles. The van der Waals surface area contributed by atoms with Crippen molar-refractivity contribution in [2.45, 2.75) is 65.5 Å². The second-order valence-electron chi connectivity index (χ2n) is 9.28. The van der Waals surface area contributed by atoms with Gasteiger partial charge >= 0.3 is 5.97 Å². The molecule has 1 N–H and O–H groups in total. The van der Waals surface area contributed by atoms with Crippen LogP contribution in [0.3, 0.4) is 0 Å². The van der Waals surface area contributed by atoms with Gasteiger partial charge in [-0.25, -0.2) is 0 Å². The SMILES string of the molecule is Cc1noc(C)c1-c1ccc(NC2CCN(CCC(=O)OC(C)(C)C)CC2)c([N+](=O)[O-])c1. The van der Waals surface area contributed by atoms with Gasteiger partial charge in [0.05, 0.1) is 17.0 Å². The number of nitrogens with one attached hydrogen (secondary N) is 1. The van der Waals surface area contributed by atoms with Crippen molar-refractivity contribution in [3.8, 4) is 11.1 Å². The van der Waals surface area contributed by atoms with Crippen molar-refractivity contribution in [3.05, 3.63) is 39.8 Å². The molecule has 9 heteroatoms. The van der Waals surface area contributed by atoms with Gasteiger partial charge in [-0.1, -0.05) is 11.2 Å². The lowest BCUT2D eigenvalue weighted by molar-refractivity contribution is -0.383. The summed E-state index contributed by atoms with van der Waals surface area (Å²) in [5.41, 5.74) is 2.29. The molecule has 9 nitrogen and oxygen atoms in total. The van der Waals surface area contributed by atoms with Gasteiger partial charge in [0.25, 0.3) is 5.69 Å². The first-order valence-electron chi connectivity index (χ1n) is 11.0. The number of nitrogens with zero attached hydrogens (tertiary/aromatic N) is 3. The van der Waals surface area contributed by atoms with Crippen LogP contribution in [0.4, 0.5) is 11.4 Å². The summed E-state index contributed by atoms with van der Waals surface area (Å²) in [6.45, 7) is 11.5. The van der Waals surface area contributed by atoms with Crippen molar-refractivity contribution in [3.63, 3.8) is 0 Å². The monoisotopic (exact) mass is 444 g/mol. The van der Waals surface area contributed by atoms with Crippen LogP contribution in [-0.4, -0.2) is 52.2 Å². The third kappa shape index (κ3) is 6.06. The molecular formula is C23H32N4O5. The number of esters is 1. The molecule has 32 heavy (non-hydrogen) atoms. The summed E-state index contributed by atoms with van der Waals surface area (Å²) in [5.74, 6) is 0.447. The predicted molar refractivity (Wildman–Crippen MR) is 122 cm³/mol. The number of hydrogen-bond donors (Lipinski definition) is 1. The second kappa shape index (κ2) is 9.68. The van der Waals surface area contributed by atoms with Crippen LogP contribution in [0.25, 0.3) is 11.1 Å². The number of carbonyl (C=O) groups excluding carboxylic acids is 1. The molecule has 174 valence electrons. The zero-order valence-corrected chi connectivity index (χ0v) is 19.4. The Morgan fingerprint density at radius 3 is 2.56 bits per heavy atom. The van der Waals surface area contributed by atoms with Crippen molar-refractivity contribution < 1.29 is 19.0 Å². The molecule has 1 fully saturated rings. The lowest BCUT2D eigenvalue weighted by Gasteiger charge is -2.32. The van der Waals surface area contributed by atoms with Gasteiger partial charge in [-0.05, 0) is 59.1 Å². The number of aromatic nitrogens is 1. The summed E-state index contributed by atoms with van der Waals surface area (Å²) in [6.07, 6.45) is 2.05. The smallest absolute Gasteiger partial charge is 0.307 e. The molecule has 2 aromatic rings. The summed E-state index contributed by atoms with van der Waals surface area (Å²) < 4.78 is 10.6. The first-order valence-corrected chi connectivity index (χ1v) is 11.0. The number of likely N-dealkylation sites (tertiary alicyclic amines) is 1. The van der Waals surface area contributed by atoms with E-state index in [9.17, 15) is 14.9 Å². The first kappa shape index (κ1) is 23.7. The van der Waals surface area contributed by atoms with Crippen molar-refractivity contribution in [1.29, 1.82) is 0 Å². The highest BCUT2D eigenvalue weighted by atomic mass is 16.6. The molecule has 1 saturated heterocycles. The summed E-state index contributed by atoms with van der Waals surface area (Å²) in [7, 11) is 0. The van der Waals surface area contributed by atoms with Gasteiger partial charge in [-0.15, -0.1) is 0 Å². The number of carbonyl (C=O) groups is 1. The molecule has 0 atom stereocenters. The number of benzene rings is 1. The van der Waals surface area contributed by atoms with Gasteiger partial charge in [0, 0.05) is 37.3 Å². The number of rotatable bonds is 7. The highest BCUT2D eigenvalue weighted by Gasteiger charge is 2.24. The molecule has 0 bridgehead atoms. The topological polar surface area (TPSA) is 111 Å². The molecule has 1 aliphatic rings. The van der Waals surface area contributed by atoms with Gasteiger partial charge in [-0.2, -0.15) is 0 Å². The normalized spacial score (nSPS) is 15.5. The molecule has 1 aromatic carbocycles. The molecule has 0 spiro atoms. The number of piperidine rings is 1. The van der Waals surface area contributed by atoms with Crippen LogP contribution in [-0.2, 0) is 9.53 Å². The van der Waals surface area contributed by atoms with Gasteiger partial charge in [-0.3, -0.25) is 14.9 Å². The Kier molecular flexibility index (Phi) is 7.18. The largest absolute Gasteiger partial charge is 0.460 e. The van der Waals surface area contributed by atoms with Gasteiger partial charge in [0.15, 0.2) is 0 Å². The molecule has 2 heterocycles. The van der Waals surface area contributed by atoms with Crippen molar-refractivity contribution in [2.24, 2.45) is 0 Å². The average Bonchev–Trinajstić information content (AvgIpc) is 3.04. The minimum Gasteiger partial charge on any atom is -0.460 e. The Balaban J connectivity index is 1.59. The number of nitro groups is 1. The maximum atomic E-state index is 11.9. The van der Waals surface area contributed by atoms with Gasteiger partial charge in [0.1, 0.15) is 17.0 Å². The zero-order valence-electron chi connectivity index (χ0n) is 19.4. The fourth-order valence-electron chi connectivity index (χ4n) is 4.02. The van der Waals surface area contributed by atoms with Crippen LogP contribution in [0, 0.1) is 24.0 Å². The van der Waals surface area contributed by atoms with E-state index in [2.05, 4.69) is 15.4 Å². The third-order valence-electron chi connectivity index (χ3n) is 5.52. The van der Waals surface area contributed by atoms with E-state index in [0.29, 0.717) is 30.1 Å². The van der Waals surface area contributed by atoms with Crippen LogP contribution in [0.15, 0.2) is 22.7 Å². The number of aryl methyl sites for hydroxylation is 2. The Morgan fingerprint density at radius 2 is 2.00 bits per heavy atom. The quantitative estimate of drug-likeness (QED) is 0.378. The minimum absolute atomic E-state index is 0.0369. The molecule has 0 unspecified atom stereocenters. The highest BCUT2D eigenvalue weighted by molar-refractivity contribution is 5.75. The first-order chi connectivity index (χ1) is 15.0. The number of hydrogen-bond acceptors (Lipinski definition) is 8. The molecule has 1 aromatic heterocycles. The fourth-order valence-corrected chi connectivity index (χ4v) is 4.02. The molecule has 0 aliphatic carbocycles. The maximum Gasteiger partial charge on any atom is 0.307 e. The van der Waals surface area contributed by atoms with E-state index in [0.717, 1.165) is 37.1 Å². The van der Waals surface area contributed by atoms with E-state index in [1.165, 1.54) is 0 Å². The molecule has 0 radical (unpaired) electrons. The summed E-state index contributed by atoms with van der Waals surface area (Å²) in [5, 5.41) is 19.0. The Labute approximate surface area is 188 Å². The minimum atomic E-state index is -0.468. The average molecular weight is 445 g/mol. The predicted octanol–water partition coefficient (Wildman–Crippen LogP) is 4.47. The van der Waals surface area contributed by atoms with Gasteiger partial charge < -0.3 is 19.5 Å². The summed E-state index contributed by atoms with van der Waals surface area (Å²) in [4.78, 5) is 25.5. The highest BCUT2D eigenvalue weighted by Crippen LogP contribution is 2.34. The van der Waals surface area contributed by atoms with Crippen LogP contribution in [0.5, 0.6) is 0 Å². The van der Waals surface area contributed by atoms with E-state index in [-0.39, 0.29) is 22.6 Å². The second-order valence-corrected chi connectivity index (χ2v) is 9.28. The summed E-state index contributed by atoms with van der Waals surface area (Å²) >= 11 is 0. The van der Waals surface area contributed by atoms with Crippen LogP contribution >= 0.6 is 0 Å². The Bertz CT molecular complexity index is 952. The lowest BCUT2D eigenvalue weighted by Crippen LogP contribution is -2.40. The van der Waals surface area contributed by atoms with Crippen LogP contribution < -0.4 is 5.32 Å². The van der Waals surface area contributed by atoms with E-state index in [1.54, 1.807) is 19.1 Å². The van der Waals surface area contributed by atoms with Gasteiger partial charge in [0.2, 0.25) is 0 Å². The van der Waals surface area contributed by atoms with Crippen LogP contribution in [0.2, 0.25) is 0 Å². The number of nitro benzene ring substituents is 1. The lowest BCUT2D eigenvalue weighted by atomic mass is 10.0. The van der Waals surface area contributed by atoms with E-state index >= 15 is 0 Å². The molecule has 3 rings (SSSR count). The third-order valence-corrected chi connectivity index (χ3v) is 5.52.